The Bertz CT molecular complexity index is 783. The summed E-state index contributed by atoms with van der Waals surface area (Å²) in [5, 5.41) is 3.74. The predicted octanol–water partition coefficient (Wildman–Crippen LogP) is 11.4. The van der Waals surface area contributed by atoms with E-state index in [0.717, 1.165) is 30.7 Å². The quantitative estimate of drug-likeness (QED) is 0.244. The van der Waals surface area contributed by atoms with Crippen LogP contribution in [-0.4, -0.2) is 6.21 Å². The summed E-state index contributed by atoms with van der Waals surface area (Å²) in [7, 11) is 0. The smallest absolute Gasteiger partial charge is 0.0466 e. The summed E-state index contributed by atoms with van der Waals surface area (Å²) < 4.78 is 0. The summed E-state index contributed by atoms with van der Waals surface area (Å²) in [5.41, 5.74) is 6.86. The normalized spacial score (nSPS) is 12.8. The third-order valence-electron chi connectivity index (χ3n) is 6.29. The molecule has 0 aromatic heterocycles. The molecule has 2 nitrogen and oxygen atoms in total. The third-order valence-corrected chi connectivity index (χ3v) is 6.52. The first kappa shape index (κ1) is 36.4. The van der Waals surface area contributed by atoms with Gasteiger partial charge in [0.2, 0.25) is 0 Å². The number of nitrogens with zero attached hydrogens (tertiary/aromatic N) is 1. The molecule has 0 aliphatic rings. The van der Waals surface area contributed by atoms with Crippen LogP contribution in [0.4, 0.5) is 0 Å². The molecule has 1 unspecified atom stereocenters. The van der Waals surface area contributed by atoms with Gasteiger partial charge < -0.3 is 5.32 Å². The molecule has 0 amide bonds. The first-order valence-corrected chi connectivity index (χ1v) is 14.7. The Morgan fingerprint density at radius 3 is 2.06 bits per heavy atom. The molecule has 0 saturated carbocycles. The van der Waals surface area contributed by atoms with Gasteiger partial charge in [0.15, 0.2) is 0 Å². The summed E-state index contributed by atoms with van der Waals surface area (Å²) in [5.74, 6) is 0.992. The number of aliphatic imine (C=N–C) groups is 1. The van der Waals surface area contributed by atoms with Gasteiger partial charge in [-0.1, -0.05) is 103 Å². The first-order valence-electron chi connectivity index (χ1n) is 14.3. The van der Waals surface area contributed by atoms with Crippen LogP contribution in [0.1, 0.15) is 131 Å². The van der Waals surface area contributed by atoms with E-state index in [1.54, 1.807) is 6.20 Å². The second-order valence-corrected chi connectivity index (χ2v) is 9.47. The maximum absolute atomic E-state index is 6.35. The molecule has 0 fully saturated rings. The van der Waals surface area contributed by atoms with Gasteiger partial charge in [-0.15, -0.1) is 0 Å². The molecule has 1 aromatic carbocycles. The lowest BCUT2D eigenvalue weighted by Crippen LogP contribution is -2.18. The van der Waals surface area contributed by atoms with Crippen LogP contribution in [0.3, 0.4) is 0 Å². The zero-order chi connectivity index (χ0) is 27.9. The van der Waals surface area contributed by atoms with E-state index in [1.807, 2.05) is 33.2 Å². The molecule has 0 heterocycles. The molecule has 1 rings (SSSR count). The van der Waals surface area contributed by atoms with Crippen LogP contribution in [0.25, 0.3) is 0 Å². The van der Waals surface area contributed by atoms with Gasteiger partial charge in [0.05, 0.1) is 0 Å². The summed E-state index contributed by atoms with van der Waals surface area (Å²) in [6.07, 6.45) is 14.8. The highest BCUT2D eigenvalue weighted by Crippen LogP contribution is 2.42. The third kappa shape index (κ3) is 14.1. The minimum absolute atomic E-state index is 0.366. The standard InChI is InChI=1S/C24H38ClN.C7H13N.C2H6/c1-7-12-19(13-8-2)23(24(26-11-5)18(6)10-4)22-16-15-21(25)17-20(22)14-9-3;1-4-7(3)6-8-5-2;1-2/h11,15-17,19,23H,7-10,12-14H2,1-6H3;5-6,8H,2,4H2,1,3H3;1-2H3/b24-18-,26-11?;7-6+;. The number of benzene rings is 1. The van der Waals surface area contributed by atoms with Crippen molar-refractivity contribution in [2.75, 3.05) is 0 Å². The van der Waals surface area contributed by atoms with Crippen LogP contribution < -0.4 is 5.32 Å². The van der Waals surface area contributed by atoms with E-state index in [1.165, 1.54) is 53.7 Å². The fourth-order valence-electron chi connectivity index (χ4n) is 4.29. The summed E-state index contributed by atoms with van der Waals surface area (Å²) >= 11 is 6.35. The lowest BCUT2D eigenvalue weighted by molar-refractivity contribution is 0.387. The SMILES string of the molecule is C=CN/C=C(\C)CC.CC.CC=N/C(=C(/C)CC)C(c1ccc(Cl)cc1CCC)C(CCC)CCC. The summed E-state index contributed by atoms with van der Waals surface area (Å²) in [6, 6.07) is 6.51. The van der Waals surface area contributed by atoms with Gasteiger partial charge in [0.25, 0.3) is 0 Å². The van der Waals surface area contributed by atoms with Crippen molar-refractivity contribution in [3.63, 3.8) is 0 Å². The van der Waals surface area contributed by atoms with Crippen LogP contribution in [0.2, 0.25) is 5.02 Å². The molecular weight excluding hydrogens is 460 g/mol. The molecule has 1 aromatic rings. The van der Waals surface area contributed by atoms with Crippen LogP contribution in [-0.2, 0) is 6.42 Å². The van der Waals surface area contributed by atoms with E-state index < -0.39 is 0 Å². The van der Waals surface area contributed by atoms with Crippen molar-refractivity contribution in [2.45, 2.75) is 127 Å². The number of nitrogens with one attached hydrogen (secondary N) is 1. The molecule has 0 aliphatic heterocycles. The number of hydrogen-bond donors (Lipinski definition) is 1. The molecule has 0 radical (unpaired) electrons. The van der Waals surface area contributed by atoms with Gasteiger partial charge in [-0.05, 0) is 94.5 Å². The lowest BCUT2D eigenvalue weighted by atomic mass is 9.75. The summed E-state index contributed by atoms with van der Waals surface area (Å²) in [4.78, 5) is 4.90. The van der Waals surface area contributed by atoms with E-state index >= 15 is 0 Å². The van der Waals surface area contributed by atoms with Gasteiger partial charge in [0.1, 0.15) is 0 Å². The van der Waals surface area contributed by atoms with Gasteiger partial charge in [-0.25, -0.2) is 0 Å². The largest absolute Gasteiger partial charge is 0.368 e. The molecule has 36 heavy (non-hydrogen) atoms. The van der Waals surface area contributed by atoms with E-state index in [-0.39, 0.29) is 0 Å². The average molecular weight is 517 g/mol. The fraction of sp³-hybridized carbons (Fsp3) is 0.606. The predicted molar refractivity (Wildman–Crippen MR) is 167 cm³/mol. The van der Waals surface area contributed by atoms with Crippen molar-refractivity contribution in [1.29, 1.82) is 0 Å². The highest BCUT2D eigenvalue weighted by Gasteiger charge is 2.28. The summed E-state index contributed by atoms with van der Waals surface area (Å²) in [6.45, 7) is 25.1. The topological polar surface area (TPSA) is 24.4 Å². The maximum atomic E-state index is 6.35. The van der Waals surface area contributed by atoms with Gasteiger partial charge in [0, 0.05) is 22.9 Å². The minimum Gasteiger partial charge on any atom is -0.368 e. The average Bonchev–Trinajstić information content (AvgIpc) is 2.89. The molecular formula is C33H57ClN2. The highest BCUT2D eigenvalue weighted by molar-refractivity contribution is 6.30. The van der Waals surface area contributed by atoms with Crippen LogP contribution in [0.5, 0.6) is 0 Å². The van der Waals surface area contributed by atoms with Gasteiger partial charge >= 0.3 is 0 Å². The van der Waals surface area contributed by atoms with Crippen LogP contribution in [0, 0.1) is 5.92 Å². The van der Waals surface area contributed by atoms with Crippen molar-refractivity contribution in [1.82, 2.24) is 5.32 Å². The van der Waals surface area contributed by atoms with E-state index in [2.05, 4.69) is 78.6 Å². The molecule has 0 spiro atoms. The Hall–Kier alpha value is -1.80. The second-order valence-electron chi connectivity index (χ2n) is 9.03. The number of rotatable bonds is 14. The molecule has 0 aliphatic carbocycles. The van der Waals surface area contributed by atoms with Crippen molar-refractivity contribution >= 4 is 17.8 Å². The fourth-order valence-corrected chi connectivity index (χ4v) is 4.48. The molecule has 0 saturated heterocycles. The Labute approximate surface area is 230 Å². The monoisotopic (exact) mass is 516 g/mol. The molecule has 1 atom stereocenters. The van der Waals surface area contributed by atoms with E-state index in [0.29, 0.717) is 11.8 Å². The van der Waals surface area contributed by atoms with Crippen LogP contribution in [0.15, 0.2) is 59.0 Å². The molecule has 0 bridgehead atoms. The van der Waals surface area contributed by atoms with Gasteiger partial charge in [-0.3, -0.25) is 4.99 Å². The Morgan fingerprint density at radius 2 is 1.61 bits per heavy atom. The van der Waals surface area contributed by atoms with Crippen molar-refractivity contribution in [3.8, 4) is 0 Å². The Morgan fingerprint density at radius 1 is 1.00 bits per heavy atom. The molecule has 206 valence electrons. The number of aryl methyl sites for hydroxylation is 1. The van der Waals surface area contributed by atoms with Crippen molar-refractivity contribution in [3.05, 3.63) is 70.2 Å². The zero-order valence-electron chi connectivity index (χ0n) is 25.3. The van der Waals surface area contributed by atoms with E-state index in [4.69, 9.17) is 16.6 Å². The lowest BCUT2D eigenvalue weighted by Gasteiger charge is -2.31. The van der Waals surface area contributed by atoms with Gasteiger partial charge in [-0.2, -0.15) is 0 Å². The van der Waals surface area contributed by atoms with Crippen LogP contribution >= 0.6 is 11.6 Å². The molecule has 1 N–H and O–H groups in total. The second kappa shape index (κ2) is 23.6. The van der Waals surface area contributed by atoms with Crippen molar-refractivity contribution < 1.29 is 0 Å². The zero-order valence-corrected chi connectivity index (χ0v) is 26.1. The number of hydrogen-bond acceptors (Lipinski definition) is 2. The van der Waals surface area contributed by atoms with Crippen molar-refractivity contribution in [2.24, 2.45) is 10.9 Å². The Kier molecular flexibility index (Phi) is 23.8. The maximum Gasteiger partial charge on any atom is 0.0466 e. The van der Waals surface area contributed by atoms with E-state index in [9.17, 15) is 0 Å². The highest BCUT2D eigenvalue weighted by atomic mass is 35.5. The Balaban J connectivity index is 0. The molecule has 3 heteroatoms. The number of halogens is 1. The minimum atomic E-state index is 0.366. The first-order chi connectivity index (χ1) is 17.3. The number of allylic oxidation sites excluding steroid dienone is 3.